The Hall–Kier alpha value is -4.45. The first-order valence-electron chi connectivity index (χ1n) is 11.2. The molecule has 1 atom stereocenters. The lowest BCUT2D eigenvalue weighted by atomic mass is 10.0. The number of primary amides is 1. The van der Waals surface area contributed by atoms with Gasteiger partial charge in [-0.1, -0.05) is 18.2 Å². The van der Waals surface area contributed by atoms with Gasteiger partial charge in [-0.3, -0.25) is 24.1 Å². The molecular formula is C25H27N5O6S. The zero-order valence-electron chi connectivity index (χ0n) is 20.5. The number of aromatic nitrogens is 1. The second kappa shape index (κ2) is 11.5. The molecule has 3 amide bonds. The summed E-state index contributed by atoms with van der Waals surface area (Å²) in [5.74, 6) is -3.00. The van der Waals surface area contributed by atoms with Crippen LogP contribution in [0.25, 0.3) is 0 Å². The molecule has 12 heteroatoms. The maximum Gasteiger partial charge on any atom is 0.325 e. The summed E-state index contributed by atoms with van der Waals surface area (Å²) >= 11 is 0.682. The first-order valence-corrected chi connectivity index (χ1v) is 12.0. The van der Waals surface area contributed by atoms with Crippen molar-refractivity contribution < 1.29 is 29.0 Å². The molecule has 37 heavy (non-hydrogen) atoms. The number of nitrogen functional groups attached to an aromatic ring is 1. The summed E-state index contributed by atoms with van der Waals surface area (Å²) in [6.45, 7) is 5.10. The highest BCUT2D eigenvalue weighted by Crippen LogP contribution is 2.34. The van der Waals surface area contributed by atoms with Crippen LogP contribution in [0, 0.1) is 13.8 Å². The SMILES string of the molecule is CCOC(=O)CNC(=O)C(c1ccc(O)cc1)N(C(=O)c1snc(C(N)=O)c1N)c1ccc(C)c(C)c1. The Balaban J connectivity index is 2.18. The number of nitrogens with two attached hydrogens (primary N) is 2. The minimum Gasteiger partial charge on any atom is -0.508 e. The summed E-state index contributed by atoms with van der Waals surface area (Å²) in [7, 11) is 0. The second-order valence-corrected chi connectivity index (χ2v) is 8.87. The first kappa shape index (κ1) is 27.1. The highest BCUT2D eigenvalue weighted by Gasteiger charge is 2.36. The molecule has 0 spiro atoms. The number of hydrogen-bond donors (Lipinski definition) is 4. The van der Waals surface area contributed by atoms with Gasteiger partial charge in [-0.25, -0.2) is 0 Å². The Kier molecular flexibility index (Phi) is 8.45. The Labute approximate surface area is 217 Å². The smallest absolute Gasteiger partial charge is 0.325 e. The molecule has 0 saturated carbocycles. The normalized spacial score (nSPS) is 11.4. The van der Waals surface area contributed by atoms with Crippen LogP contribution in [0.3, 0.4) is 0 Å². The summed E-state index contributed by atoms with van der Waals surface area (Å²) in [6, 6.07) is 9.59. The number of aryl methyl sites for hydroxylation is 2. The van der Waals surface area contributed by atoms with E-state index in [0.717, 1.165) is 11.1 Å². The number of aromatic hydroxyl groups is 1. The van der Waals surface area contributed by atoms with E-state index in [1.54, 1.807) is 25.1 Å². The van der Waals surface area contributed by atoms with Gasteiger partial charge >= 0.3 is 5.97 Å². The van der Waals surface area contributed by atoms with Crippen molar-refractivity contribution >= 4 is 46.6 Å². The number of rotatable bonds is 9. The number of ether oxygens (including phenoxy) is 1. The maximum absolute atomic E-state index is 14.0. The number of nitrogens with zero attached hydrogens (tertiary/aromatic N) is 2. The number of nitrogens with one attached hydrogen (secondary N) is 1. The molecule has 0 saturated heterocycles. The van der Waals surface area contributed by atoms with Crippen LogP contribution in [0.2, 0.25) is 0 Å². The van der Waals surface area contributed by atoms with Crippen LogP contribution in [0.15, 0.2) is 42.5 Å². The van der Waals surface area contributed by atoms with Crippen molar-refractivity contribution in [1.29, 1.82) is 0 Å². The van der Waals surface area contributed by atoms with Crippen LogP contribution in [0.1, 0.15) is 49.8 Å². The molecular weight excluding hydrogens is 498 g/mol. The number of esters is 1. The zero-order chi connectivity index (χ0) is 27.3. The van der Waals surface area contributed by atoms with Crippen molar-refractivity contribution in [3.63, 3.8) is 0 Å². The predicted octanol–water partition coefficient (Wildman–Crippen LogP) is 2.21. The number of amides is 3. The Bertz CT molecular complexity index is 1340. The number of hydrogen-bond acceptors (Lipinski definition) is 9. The molecule has 1 aromatic heterocycles. The molecule has 6 N–H and O–H groups in total. The molecule has 0 fully saturated rings. The largest absolute Gasteiger partial charge is 0.508 e. The molecule has 2 aromatic carbocycles. The Morgan fingerprint density at radius 1 is 1.11 bits per heavy atom. The van der Waals surface area contributed by atoms with E-state index in [4.69, 9.17) is 16.2 Å². The third kappa shape index (κ3) is 6.04. The van der Waals surface area contributed by atoms with E-state index in [1.165, 1.54) is 29.2 Å². The fourth-order valence-corrected chi connectivity index (χ4v) is 4.28. The van der Waals surface area contributed by atoms with Crippen LogP contribution >= 0.6 is 11.5 Å². The fraction of sp³-hybridized carbons (Fsp3) is 0.240. The average Bonchev–Trinajstić information content (AvgIpc) is 3.25. The van der Waals surface area contributed by atoms with Gasteiger partial charge in [0.2, 0.25) is 5.91 Å². The molecule has 0 aliphatic rings. The van der Waals surface area contributed by atoms with Gasteiger partial charge in [-0.05, 0) is 73.3 Å². The Morgan fingerprint density at radius 3 is 2.35 bits per heavy atom. The first-order chi connectivity index (χ1) is 17.5. The molecule has 194 valence electrons. The van der Waals surface area contributed by atoms with Crippen LogP contribution < -0.4 is 21.7 Å². The van der Waals surface area contributed by atoms with Crippen molar-refractivity contribution in [1.82, 2.24) is 9.69 Å². The van der Waals surface area contributed by atoms with Gasteiger partial charge in [0.15, 0.2) is 5.69 Å². The average molecular weight is 526 g/mol. The molecule has 3 rings (SSSR count). The van der Waals surface area contributed by atoms with Crippen molar-refractivity contribution in [2.45, 2.75) is 26.8 Å². The van der Waals surface area contributed by atoms with E-state index in [0.29, 0.717) is 22.8 Å². The fourth-order valence-electron chi connectivity index (χ4n) is 3.54. The minimum atomic E-state index is -1.30. The quantitative estimate of drug-likeness (QED) is 0.307. The van der Waals surface area contributed by atoms with Gasteiger partial charge in [-0.2, -0.15) is 4.37 Å². The monoisotopic (exact) mass is 525 g/mol. The lowest BCUT2D eigenvalue weighted by Crippen LogP contribution is -2.45. The summed E-state index contributed by atoms with van der Waals surface area (Å²) < 4.78 is 8.80. The standard InChI is InChI=1S/C25H27N5O6S/c1-4-36-18(32)12-28-24(34)21(15-6-9-17(31)10-7-15)30(16-8-5-13(2)14(3)11-16)25(35)22-19(26)20(23(27)33)29-37-22/h5-11,21,31H,4,12,26H2,1-3H3,(H2,27,33)(H,28,34). The summed E-state index contributed by atoms with van der Waals surface area (Å²) in [4.78, 5) is 52.3. The van der Waals surface area contributed by atoms with Crippen LogP contribution in [-0.2, 0) is 14.3 Å². The summed E-state index contributed by atoms with van der Waals surface area (Å²) in [5, 5.41) is 12.3. The van der Waals surface area contributed by atoms with Gasteiger partial charge in [0, 0.05) is 5.69 Å². The van der Waals surface area contributed by atoms with E-state index in [2.05, 4.69) is 9.69 Å². The predicted molar refractivity (Wildman–Crippen MR) is 138 cm³/mol. The van der Waals surface area contributed by atoms with Crippen molar-refractivity contribution in [2.75, 3.05) is 23.8 Å². The highest BCUT2D eigenvalue weighted by atomic mass is 32.1. The van der Waals surface area contributed by atoms with E-state index in [-0.39, 0.29) is 28.6 Å². The summed E-state index contributed by atoms with van der Waals surface area (Å²) in [6.07, 6.45) is 0. The van der Waals surface area contributed by atoms with E-state index in [1.807, 2.05) is 13.8 Å². The van der Waals surface area contributed by atoms with Gasteiger partial charge in [0.1, 0.15) is 23.2 Å². The van der Waals surface area contributed by atoms with E-state index in [9.17, 15) is 24.3 Å². The van der Waals surface area contributed by atoms with Gasteiger partial charge in [0.05, 0.1) is 12.3 Å². The van der Waals surface area contributed by atoms with Crippen molar-refractivity contribution in [3.8, 4) is 5.75 Å². The third-order valence-electron chi connectivity index (χ3n) is 5.57. The molecule has 0 aliphatic heterocycles. The van der Waals surface area contributed by atoms with Gasteiger partial charge in [-0.15, -0.1) is 0 Å². The number of carbonyl (C=O) groups excluding carboxylic acids is 4. The number of phenols is 1. The molecule has 0 aliphatic carbocycles. The van der Waals surface area contributed by atoms with Crippen LogP contribution in [-0.4, -0.2) is 46.3 Å². The topological polar surface area (TPSA) is 178 Å². The van der Waals surface area contributed by atoms with Crippen molar-refractivity contribution in [2.24, 2.45) is 5.73 Å². The molecule has 1 unspecified atom stereocenters. The molecule has 0 bridgehead atoms. The van der Waals surface area contributed by atoms with Gasteiger partial charge in [0.25, 0.3) is 11.8 Å². The number of carbonyl (C=O) groups is 4. The van der Waals surface area contributed by atoms with Crippen LogP contribution in [0.4, 0.5) is 11.4 Å². The molecule has 1 heterocycles. The van der Waals surface area contributed by atoms with Crippen LogP contribution in [0.5, 0.6) is 5.75 Å². The highest BCUT2D eigenvalue weighted by molar-refractivity contribution is 7.09. The zero-order valence-corrected chi connectivity index (χ0v) is 21.3. The lowest BCUT2D eigenvalue weighted by molar-refractivity contribution is -0.143. The maximum atomic E-state index is 14.0. The molecule has 3 aromatic rings. The lowest BCUT2D eigenvalue weighted by Gasteiger charge is -2.31. The van der Waals surface area contributed by atoms with E-state index >= 15 is 0 Å². The third-order valence-corrected chi connectivity index (χ3v) is 6.42. The number of anilines is 2. The number of phenolic OH excluding ortho intramolecular Hbond substituents is 1. The summed E-state index contributed by atoms with van der Waals surface area (Å²) in [5.41, 5.74) is 13.4. The number of benzene rings is 2. The minimum absolute atomic E-state index is 0.0451. The molecule has 11 nitrogen and oxygen atoms in total. The molecule has 0 radical (unpaired) electrons. The second-order valence-electron chi connectivity index (χ2n) is 8.10. The Morgan fingerprint density at radius 2 is 1.78 bits per heavy atom. The van der Waals surface area contributed by atoms with Crippen molar-refractivity contribution in [3.05, 3.63) is 69.7 Å². The van der Waals surface area contributed by atoms with Gasteiger partial charge < -0.3 is 26.6 Å². The van der Waals surface area contributed by atoms with E-state index < -0.39 is 36.3 Å².